The topological polar surface area (TPSA) is 129 Å². The van der Waals surface area contributed by atoms with Crippen molar-refractivity contribution in [3.63, 3.8) is 0 Å². The first-order valence-electron chi connectivity index (χ1n) is 14.2. The fourth-order valence-corrected chi connectivity index (χ4v) is 5.76. The summed E-state index contributed by atoms with van der Waals surface area (Å²) >= 11 is 6.08. The second kappa shape index (κ2) is 12.4. The molecule has 0 aliphatic carbocycles. The van der Waals surface area contributed by atoms with Gasteiger partial charge in [0.05, 0.1) is 18.3 Å². The van der Waals surface area contributed by atoms with E-state index in [1.54, 1.807) is 47.5 Å². The molecule has 2 aromatic heterocycles. The number of carboxylic acid groups (broad SMARTS) is 1. The molecule has 1 aliphatic heterocycles. The average Bonchev–Trinajstić information content (AvgIpc) is 3.64. The molecule has 5 aromatic rings. The molecule has 1 amide bonds. The highest BCUT2D eigenvalue weighted by molar-refractivity contribution is 6.30. The number of fused-ring (bicyclic) bond motifs is 1. The summed E-state index contributed by atoms with van der Waals surface area (Å²) < 4.78 is 3.30. The van der Waals surface area contributed by atoms with Crippen LogP contribution < -0.4 is 15.8 Å². The lowest BCUT2D eigenvalue weighted by Gasteiger charge is -2.29. The Kier molecular flexibility index (Phi) is 8.19. The van der Waals surface area contributed by atoms with Crippen molar-refractivity contribution in [1.29, 1.82) is 0 Å². The van der Waals surface area contributed by atoms with Gasteiger partial charge < -0.3 is 20.4 Å². The van der Waals surface area contributed by atoms with Crippen molar-refractivity contribution in [2.24, 2.45) is 0 Å². The summed E-state index contributed by atoms with van der Waals surface area (Å²) in [7, 11) is 0. The van der Waals surface area contributed by atoms with Gasteiger partial charge in [-0.2, -0.15) is 0 Å². The molecule has 0 unspecified atom stereocenters. The van der Waals surface area contributed by atoms with Gasteiger partial charge in [-0.05, 0) is 23.3 Å². The van der Waals surface area contributed by atoms with Crippen LogP contribution in [0.5, 0.6) is 0 Å². The van der Waals surface area contributed by atoms with E-state index in [9.17, 15) is 24.6 Å². The fourth-order valence-electron chi connectivity index (χ4n) is 5.63. The van der Waals surface area contributed by atoms with E-state index in [-0.39, 0.29) is 24.9 Å². The maximum atomic E-state index is 13.7. The van der Waals surface area contributed by atoms with Gasteiger partial charge in [0, 0.05) is 42.2 Å². The quantitative estimate of drug-likeness (QED) is 0.232. The summed E-state index contributed by atoms with van der Waals surface area (Å²) in [6.45, 7) is 0.396. The minimum absolute atomic E-state index is 0.0681. The van der Waals surface area contributed by atoms with Crippen LogP contribution in [0.1, 0.15) is 17.5 Å². The molecule has 3 N–H and O–H groups in total. The Balaban J connectivity index is 1.40. The Hall–Kier alpha value is -4.93. The maximum absolute atomic E-state index is 13.7. The molecular formula is C33H30ClN5O5. The van der Waals surface area contributed by atoms with Gasteiger partial charge in [0.15, 0.2) is 0 Å². The van der Waals surface area contributed by atoms with Gasteiger partial charge >= 0.3 is 5.97 Å². The van der Waals surface area contributed by atoms with Crippen LogP contribution in [0.25, 0.3) is 17.0 Å². The Morgan fingerprint density at radius 2 is 1.64 bits per heavy atom. The van der Waals surface area contributed by atoms with Crippen LogP contribution in [-0.4, -0.2) is 60.8 Å². The summed E-state index contributed by atoms with van der Waals surface area (Å²) in [5, 5.41) is 23.9. The molecular weight excluding hydrogens is 582 g/mol. The molecule has 0 saturated carbocycles. The molecule has 1 saturated heterocycles. The standard InChI is InChI=1S/C33H30ClN5O5/c34-24-13-11-23(12-14-24)27-20-39-30(41)17-29(38(33(39)36-27)18-22-9-5-2-6-10-22)37-19-25(40)16-28(37)31(42)35-26(32(43)44)15-21-7-3-1-4-8-21/h1-14,17,20,25-26,28,40H,15-16,18-19H2,(H,35,42)(H,43,44)/t25-,26+,28+/m1/s1. The first-order valence-corrected chi connectivity index (χ1v) is 14.6. The van der Waals surface area contributed by atoms with Crippen LogP contribution in [0.4, 0.5) is 5.82 Å². The smallest absolute Gasteiger partial charge is 0.326 e. The number of nitrogens with one attached hydrogen (secondary N) is 1. The monoisotopic (exact) mass is 611 g/mol. The minimum Gasteiger partial charge on any atom is -0.480 e. The van der Waals surface area contributed by atoms with Crippen molar-refractivity contribution in [2.45, 2.75) is 37.6 Å². The summed E-state index contributed by atoms with van der Waals surface area (Å²) in [5.74, 6) is -0.962. The van der Waals surface area contributed by atoms with Gasteiger partial charge in [-0.25, -0.2) is 9.78 Å². The van der Waals surface area contributed by atoms with Crippen molar-refractivity contribution in [1.82, 2.24) is 19.3 Å². The van der Waals surface area contributed by atoms with Crippen LogP contribution in [0.15, 0.2) is 102 Å². The number of anilines is 1. The van der Waals surface area contributed by atoms with Crippen molar-refractivity contribution < 1.29 is 19.8 Å². The lowest BCUT2D eigenvalue weighted by molar-refractivity contribution is -0.142. The van der Waals surface area contributed by atoms with Gasteiger partial charge in [0.25, 0.3) is 5.56 Å². The third-order valence-electron chi connectivity index (χ3n) is 7.79. The zero-order chi connectivity index (χ0) is 30.8. The van der Waals surface area contributed by atoms with E-state index >= 15 is 0 Å². The molecule has 44 heavy (non-hydrogen) atoms. The molecule has 3 heterocycles. The largest absolute Gasteiger partial charge is 0.480 e. The number of amides is 1. The van der Waals surface area contributed by atoms with Gasteiger partial charge in [-0.1, -0.05) is 84.4 Å². The van der Waals surface area contributed by atoms with Crippen LogP contribution in [0.3, 0.4) is 0 Å². The number of carbonyl (C=O) groups excluding carboxylic acids is 1. The molecule has 3 atom stereocenters. The Bertz CT molecular complexity index is 1860. The number of hydrogen-bond donors (Lipinski definition) is 3. The molecule has 6 rings (SSSR count). The van der Waals surface area contributed by atoms with E-state index in [2.05, 4.69) is 5.32 Å². The summed E-state index contributed by atoms with van der Waals surface area (Å²) in [6, 6.07) is 25.2. The third-order valence-corrected chi connectivity index (χ3v) is 8.04. The summed E-state index contributed by atoms with van der Waals surface area (Å²) in [5.41, 5.74) is 2.68. The Morgan fingerprint density at radius 3 is 2.30 bits per heavy atom. The number of aliphatic hydroxyl groups excluding tert-OH is 1. The number of hydrogen-bond acceptors (Lipinski definition) is 6. The Morgan fingerprint density at radius 1 is 0.977 bits per heavy atom. The highest BCUT2D eigenvalue weighted by Crippen LogP contribution is 2.29. The summed E-state index contributed by atoms with van der Waals surface area (Å²) in [4.78, 5) is 45.8. The number of carbonyl (C=O) groups is 2. The highest BCUT2D eigenvalue weighted by Gasteiger charge is 2.39. The van der Waals surface area contributed by atoms with E-state index in [4.69, 9.17) is 16.6 Å². The molecule has 11 heteroatoms. The van der Waals surface area contributed by atoms with Crippen LogP contribution in [0, 0.1) is 0 Å². The molecule has 0 bridgehead atoms. The average molecular weight is 612 g/mol. The van der Waals surface area contributed by atoms with Crippen molar-refractivity contribution in [3.05, 3.63) is 124 Å². The molecule has 1 fully saturated rings. The zero-order valence-electron chi connectivity index (χ0n) is 23.6. The predicted molar refractivity (Wildman–Crippen MR) is 167 cm³/mol. The van der Waals surface area contributed by atoms with Gasteiger partial charge in [0.2, 0.25) is 11.7 Å². The number of nitrogens with zero attached hydrogens (tertiary/aromatic N) is 4. The van der Waals surface area contributed by atoms with Gasteiger partial charge in [-0.3, -0.25) is 18.6 Å². The Labute approximate surface area is 257 Å². The fraction of sp³-hybridized carbons (Fsp3) is 0.212. The minimum atomic E-state index is -1.17. The summed E-state index contributed by atoms with van der Waals surface area (Å²) in [6.07, 6.45) is 0.960. The van der Waals surface area contributed by atoms with Crippen LogP contribution >= 0.6 is 11.6 Å². The lowest BCUT2D eigenvalue weighted by Crippen LogP contribution is -2.51. The zero-order valence-corrected chi connectivity index (χ0v) is 24.3. The van der Waals surface area contributed by atoms with E-state index in [0.29, 0.717) is 28.9 Å². The number of rotatable bonds is 9. The van der Waals surface area contributed by atoms with E-state index < -0.39 is 30.1 Å². The third kappa shape index (κ3) is 6.08. The molecule has 10 nitrogen and oxygen atoms in total. The van der Waals surface area contributed by atoms with Crippen molar-refractivity contribution in [2.75, 3.05) is 11.4 Å². The van der Waals surface area contributed by atoms with Crippen molar-refractivity contribution in [3.8, 4) is 11.3 Å². The van der Waals surface area contributed by atoms with E-state index in [1.165, 1.54) is 10.5 Å². The first kappa shape index (κ1) is 29.2. The molecule has 1 aliphatic rings. The predicted octanol–water partition coefficient (Wildman–Crippen LogP) is 3.62. The normalized spacial score (nSPS) is 17.1. The number of aromatic nitrogens is 3. The molecule has 3 aromatic carbocycles. The number of benzene rings is 3. The van der Waals surface area contributed by atoms with E-state index in [0.717, 1.165) is 16.7 Å². The maximum Gasteiger partial charge on any atom is 0.326 e. The first-order chi connectivity index (χ1) is 21.3. The number of aliphatic carboxylic acids is 1. The van der Waals surface area contributed by atoms with Gasteiger partial charge in [-0.15, -0.1) is 0 Å². The van der Waals surface area contributed by atoms with Crippen LogP contribution in [0.2, 0.25) is 5.02 Å². The molecule has 224 valence electrons. The van der Waals surface area contributed by atoms with Crippen molar-refractivity contribution >= 4 is 35.1 Å². The molecule has 0 radical (unpaired) electrons. The lowest BCUT2D eigenvalue weighted by atomic mass is 10.1. The number of imidazole rings is 1. The number of aliphatic hydroxyl groups is 1. The second-order valence-electron chi connectivity index (χ2n) is 10.9. The SMILES string of the molecule is O=C(O)[C@H](Cc1ccccc1)NC(=O)[C@@H]1C[C@@H](O)CN1c1cc(=O)n2cc(-c3ccc(Cl)cc3)nc2n1Cc1ccccc1. The highest BCUT2D eigenvalue weighted by atomic mass is 35.5. The molecule has 0 spiro atoms. The van der Waals surface area contributed by atoms with Gasteiger partial charge in [0.1, 0.15) is 17.9 Å². The number of β-amino-alcohol motifs (C(OH)–C–C–N with tert-alkyl or cyclic N) is 1. The number of halogens is 1. The number of carboxylic acids is 1. The van der Waals surface area contributed by atoms with Crippen LogP contribution in [-0.2, 0) is 22.6 Å². The second-order valence-corrected chi connectivity index (χ2v) is 11.3. The van der Waals surface area contributed by atoms with E-state index in [1.807, 2.05) is 53.1 Å².